The number of nitrogens with zero attached hydrogens (tertiary/aromatic N) is 1. The first-order valence-electron chi connectivity index (χ1n) is 12.0. The number of aryl methyl sites for hydroxylation is 1. The maximum Gasteiger partial charge on any atom is 0.330 e. The van der Waals surface area contributed by atoms with Crippen molar-refractivity contribution < 1.29 is 9.53 Å². The monoisotopic (exact) mass is 484 g/mol. The molecule has 5 heteroatoms. The number of esters is 1. The Morgan fingerprint density at radius 1 is 1.14 bits per heavy atom. The van der Waals surface area contributed by atoms with E-state index in [0.29, 0.717) is 6.04 Å². The molecule has 1 aliphatic carbocycles. The number of nitrogens with one attached hydrogen (secondary N) is 1. The third-order valence-electron chi connectivity index (χ3n) is 6.91. The molecule has 0 bridgehead atoms. The van der Waals surface area contributed by atoms with Gasteiger partial charge in [0.1, 0.15) is 0 Å². The predicted octanol–water partition coefficient (Wildman–Crippen LogP) is 6.74. The number of fused-ring (bicyclic) bond motifs is 2. The van der Waals surface area contributed by atoms with Crippen LogP contribution >= 0.6 is 11.6 Å². The number of para-hydroxylation sites is 1. The number of hydrogen-bond donors (Lipinski definition) is 1. The summed E-state index contributed by atoms with van der Waals surface area (Å²) in [5.74, 6) is -0.338. The van der Waals surface area contributed by atoms with Crippen LogP contribution in [0.1, 0.15) is 40.3 Å². The summed E-state index contributed by atoms with van der Waals surface area (Å²) >= 11 is 6.14. The molecule has 1 aromatic heterocycles. The Bertz CT molecular complexity index is 1360. The van der Waals surface area contributed by atoms with E-state index in [1.807, 2.05) is 18.2 Å². The van der Waals surface area contributed by atoms with Crippen LogP contribution in [0.4, 0.5) is 0 Å². The molecule has 4 aromatic rings. The van der Waals surface area contributed by atoms with E-state index in [1.165, 1.54) is 46.3 Å². The van der Waals surface area contributed by atoms with Crippen molar-refractivity contribution in [3.8, 4) is 0 Å². The summed E-state index contributed by atoms with van der Waals surface area (Å²) in [5.41, 5.74) is 7.56. The number of aromatic nitrogens is 1. The van der Waals surface area contributed by atoms with Gasteiger partial charge >= 0.3 is 5.97 Å². The molecule has 5 rings (SSSR count). The molecule has 178 valence electrons. The number of methoxy groups -OCH3 is 1. The second-order valence-corrected chi connectivity index (χ2v) is 9.51. The molecular weight excluding hydrogens is 456 g/mol. The van der Waals surface area contributed by atoms with E-state index < -0.39 is 0 Å². The number of hydrogen-bond acceptors (Lipinski definition) is 3. The van der Waals surface area contributed by atoms with E-state index in [-0.39, 0.29) is 5.97 Å². The summed E-state index contributed by atoms with van der Waals surface area (Å²) in [6, 6.07) is 23.6. The van der Waals surface area contributed by atoms with Gasteiger partial charge < -0.3 is 9.72 Å². The zero-order chi connectivity index (χ0) is 24.2. The lowest BCUT2D eigenvalue weighted by molar-refractivity contribution is -0.134. The minimum absolute atomic E-state index is 0.338. The van der Waals surface area contributed by atoms with E-state index in [2.05, 4.69) is 70.7 Å². The maximum absolute atomic E-state index is 11.5. The van der Waals surface area contributed by atoms with Gasteiger partial charge in [0.05, 0.1) is 7.11 Å². The highest BCUT2D eigenvalue weighted by molar-refractivity contribution is 6.30. The molecule has 35 heavy (non-hydrogen) atoms. The molecule has 1 heterocycles. The van der Waals surface area contributed by atoms with E-state index in [0.717, 1.165) is 42.9 Å². The Balaban J connectivity index is 1.39. The lowest BCUT2D eigenvalue weighted by Crippen LogP contribution is -2.29. The number of halogens is 1. The smallest absolute Gasteiger partial charge is 0.330 e. The molecule has 0 radical (unpaired) electrons. The van der Waals surface area contributed by atoms with Crippen molar-refractivity contribution in [3.05, 3.63) is 112 Å². The summed E-state index contributed by atoms with van der Waals surface area (Å²) in [6.45, 7) is 1.83. The highest BCUT2D eigenvalue weighted by Gasteiger charge is 2.28. The molecule has 1 atom stereocenters. The SMILES string of the molecule is COC(=O)C=Cc1ccc2c(c1)CCC2N(CCc1c[nH]c2ccccc12)Cc1ccc(Cl)cc1. The van der Waals surface area contributed by atoms with Gasteiger partial charge in [-0.25, -0.2) is 4.79 Å². The van der Waals surface area contributed by atoms with Crippen molar-refractivity contribution in [3.63, 3.8) is 0 Å². The minimum atomic E-state index is -0.338. The quantitative estimate of drug-likeness (QED) is 0.222. The molecule has 0 saturated heterocycles. The Labute approximate surface area is 211 Å². The van der Waals surface area contributed by atoms with Crippen LogP contribution in [0.15, 0.2) is 79.0 Å². The van der Waals surface area contributed by atoms with Gasteiger partial charge in [0, 0.05) is 47.3 Å². The van der Waals surface area contributed by atoms with E-state index in [4.69, 9.17) is 16.3 Å². The Morgan fingerprint density at radius 3 is 2.80 bits per heavy atom. The summed E-state index contributed by atoms with van der Waals surface area (Å²) in [5, 5.41) is 2.06. The van der Waals surface area contributed by atoms with Crippen molar-refractivity contribution in [1.82, 2.24) is 9.88 Å². The Hall–Kier alpha value is -3.34. The summed E-state index contributed by atoms with van der Waals surface area (Å²) in [4.78, 5) is 17.5. The normalized spacial score (nSPS) is 15.2. The van der Waals surface area contributed by atoms with Gasteiger partial charge in [-0.15, -0.1) is 0 Å². The van der Waals surface area contributed by atoms with Gasteiger partial charge in [-0.2, -0.15) is 0 Å². The maximum atomic E-state index is 11.5. The highest BCUT2D eigenvalue weighted by atomic mass is 35.5. The molecular formula is C30H29ClN2O2. The van der Waals surface area contributed by atoms with Crippen molar-refractivity contribution >= 4 is 34.5 Å². The average molecular weight is 485 g/mol. The van der Waals surface area contributed by atoms with Crippen LogP contribution in [0.25, 0.3) is 17.0 Å². The van der Waals surface area contributed by atoms with E-state index in [1.54, 1.807) is 0 Å². The molecule has 0 amide bonds. The second-order valence-electron chi connectivity index (χ2n) is 9.08. The van der Waals surface area contributed by atoms with Crippen LogP contribution in [-0.4, -0.2) is 29.5 Å². The van der Waals surface area contributed by atoms with Crippen LogP contribution in [0.3, 0.4) is 0 Å². The van der Waals surface area contributed by atoms with Crippen molar-refractivity contribution in [1.29, 1.82) is 0 Å². The zero-order valence-corrected chi connectivity index (χ0v) is 20.6. The lowest BCUT2D eigenvalue weighted by atomic mass is 10.0. The van der Waals surface area contributed by atoms with Crippen LogP contribution in [0.5, 0.6) is 0 Å². The molecule has 1 N–H and O–H groups in total. The number of aromatic amines is 1. The molecule has 1 aliphatic rings. The predicted molar refractivity (Wildman–Crippen MR) is 142 cm³/mol. The first-order chi connectivity index (χ1) is 17.1. The largest absolute Gasteiger partial charge is 0.466 e. The Morgan fingerprint density at radius 2 is 1.97 bits per heavy atom. The first-order valence-corrected chi connectivity index (χ1v) is 12.4. The molecule has 3 aromatic carbocycles. The lowest BCUT2D eigenvalue weighted by Gasteiger charge is -2.30. The van der Waals surface area contributed by atoms with Crippen molar-refractivity contribution in [2.24, 2.45) is 0 Å². The number of carbonyl (C=O) groups excluding carboxylic acids is 1. The number of H-pyrrole nitrogens is 1. The van der Waals surface area contributed by atoms with Gasteiger partial charge in [0.2, 0.25) is 0 Å². The molecule has 0 saturated carbocycles. The summed E-state index contributed by atoms with van der Waals surface area (Å²) in [6.07, 6.45) is 8.53. The zero-order valence-electron chi connectivity index (χ0n) is 19.8. The van der Waals surface area contributed by atoms with Gasteiger partial charge in [-0.3, -0.25) is 4.90 Å². The van der Waals surface area contributed by atoms with Crippen LogP contribution in [-0.2, 0) is 28.9 Å². The van der Waals surface area contributed by atoms with E-state index >= 15 is 0 Å². The van der Waals surface area contributed by atoms with Gasteiger partial charge in [-0.05, 0) is 71.4 Å². The third kappa shape index (κ3) is 5.34. The fraction of sp³-hybridized carbons (Fsp3) is 0.233. The van der Waals surface area contributed by atoms with Crippen molar-refractivity contribution in [2.45, 2.75) is 31.8 Å². The fourth-order valence-corrected chi connectivity index (χ4v) is 5.23. The molecule has 0 aliphatic heterocycles. The van der Waals surface area contributed by atoms with Crippen LogP contribution in [0.2, 0.25) is 5.02 Å². The molecule has 4 nitrogen and oxygen atoms in total. The number of carbonyl (C=O) groups is 1. The summed E-state index contributed by atoms with van der Waals surface area (Å²) in [7, 11) is 1.39. The van der Waals surface area contributed by atoms with E-state index in [9.17, 15) is 4.79 Å². The molecule has 1 unspecified atom stereocenters. The average Bonchev–Trinajstić information content (AvgIpc) is 3.50. The van der Waals surface area contributed by atoms with Crippen LogP contribution < -0.4 is 0 Å². The van der Waals surface area contributed by atoms with Crippen molar-refractivity contribution in [2.75, 3.05) is 13.7 Å². The topological polar surface area (TPSA) is 45.3 Å². The highest BCUT2D eigenvalue weighted by Crippen LogP contribution is 2.37. The van der Waals surface area contributed by atoms with Gasteiger partial charge in [0.25, 0.3) is 0 Å². The van der Waals surface area contributed by atoms with Crippen LogP contribution in [0, 0.1) is 0 Å². The number of benzene rings is 3. The number of rotatable bonds is 8. The summed E-state index contributed by atoms with van der Waals surface area (Å²) < 4.78 is 4.72. The van der Waals surface area contributed by atoms with Gasteiger partial charge in [-0.1, -0.05) is 60.1 Å². The standard InChI is InChI=1S/C30H29ClN2O2/c1-35-30(34)15-9-21-8-13-27-23(18-21)10-14-29(27)33(20-22-6-11-25(31)12-7-22)17-16-24-19-32-28-5-3-2-4-26(24)28/h2-9,11-13,15,18-19,29,32H,10,14,16-17,20H2,1H3. The number of ether oxygens (including phenoxy) is 1. The first kappa shape index (κ1) is 23.4. The molecule has 0 spiro atoms. The minimum Gasteiger partial charge on any atom is -0.466 e. The fourth-order valence-electron chi connectivity index (χ4n) is 5.10. The Kier molecular flexibility index (Phi) is 7.03. The molecule has 0 fully saturated rings. The third-order valence-corrected chi connectivity index (χ3v) is 7.16. The second kappa shape index (κ2) is 10.5. The van der Waals surface area contributed by atoms with Gasteiger partial charge in [0.15, 0.2) is 0 Å².